The molecule has 4 heteroatoms. The highest BCUT2D eigenvalue weighted by atomic mass is 35.5. The fourth-order valence-corrected chi connectivity index (χ4v) is 1.68. The van der Waals surface area contributed by atoms with Gasteiger partial charge in [-0.05, 0) is 24.3 Å². The molecule has 0 aromatic heterocycles. The molecule has 2 aromatic carbocycles. The molecule has 0 fully saturated rings. The standard InChI is InChI=1S/C15H10ClNO2/c16-13-8-6-11(7-9-13)14(10-17)19-15(18)12-4-2-1-3-5-12/h1-9,14H. The van der Waals surface area contributed by atoms with Crippen molar-refractivity contribution in [1.82, 2.24) is 0 Å². The number of nitrogens with zero attached hydrogens (tertiary/aromatic N) is 1. The lowest BCUT2D eigenvalue weighted by Gasteiger charge is -2.11. The van der Waals surface area contributed by atoms with E-state index in [2.05, 4.69) is 0 Å². The van der Waals surface area contributed by atoms with Crippen LogP contribution in [-0.4, -0.2) is 5.97 Å². The van der Waals surface area contributed by atoms with Crippen molar-refractivity contribution in [3.05, 3.63) is 70.7 Å². The molecule has 0 aliphatic heterocycles. The van der Waals surface area contributed by atoms with Gasteiger partial charge < -0.3 is 4.74 Å². The van der Waals surface area contributed by atoms with Crippen LogP contribution >= 0.6 is 11.6 Å². The average Bonchev–Trinajstić information content (AvgIpc) is 2.46. The number of carbonyl (C=O) groups excluding carboxylic acids is 1. The van der Waals surface area contributed by atoms with Gasteiger partial charge in [-0.1, -0.05) is 41.9 Å². The van der Waals surface area contributed by atoms with Crippen LogP contribution in [0.2, 0.25) is 5.02 Å². The van der Waals surface area contributed by atoms with Crippen LogP contribution in [0, 0.1) is 11.3 Å². The monoisotopic (exact) mass is 271 g/mol. The molecule has 0 aliphatic rings. The molecule has 0 saturated heterocycles. The van der Waals surface area contributed by atoms with Gasteiger partial charge in [-0.15, -0.1) is 0 Å². The minimum absolute atomic E-state index is 0.414. The number of hydrogen-bond donors (Lipinski definition) is 0. The molecule has 0 aliphatic carbocycles. The van der Waals surface area contributed by atoms with Crippen LogP contribution in [0.5, 0.6) is 0 Å². The topological polar surface area (TPSA) is 50.1 Å². The number of ether oxygens (including phenoxy) is 1. The van der Waals surface area contributed by atoms with Gasteiger partial charge in [0.2, 0.25) is 6.10 Å². The van der Waals surface area contributed by atoms with Crippen molar-refractivity contribution in [1.29, 1.82) is 5.26 Å². The average molecular weight is 272 g/mol. The first-order chi connectivity index (χ1) is 9.20. The fourth-order valence-electron chi connectivity index (χ4n) is 1.56. The normalized spacial score (nSPS) is 11.4. The molecule has 1 unspecified atom stereocenters. The second-order valence-electron chi connectivity index (χ2n) is 3.83. The largest absolute Gasteiger partial charge is 0.438 e. The molecule has 0 amide bonds. The second-order valence-corrected chi connectivity index (χ2v) is 4.27. The molecule has 2 aromatic rings. The molecule has 0 radical (unpaired) electrons. The molecule has 1 atom stereocenters. The van der Waals surface area contributed by atoms with Gasteiger partial charge in [-0.2, -0.15) is 5.26 Å². The van der Waals surface area contributed by atoms with Crippen LogP contribution in [0.25, 0.3) is 0 Å². The van der Waals surface area contributed by atoms with Gasteiger partial charge in [-0.3, -0.25) is 0 Å². The van der Waals surface area contributed by atoms with Crippen molar-refractivity contribution >= 4 is 17.6 Å². The highest BCUT2D eigenvalue weighted by Gasteiger charge is 2.17. The number of hydrogen-bond acceptors (Lipinski definition) is 3. The van der Waals surface area contributed by atoms with Crippen molar-refractivity contribution < 1.29 is 9.53 Å². The number of rotatable bonds is 3. The molecule has 94 valence electrons. The Labute approximate surface area is 116 Å². The van der Waals surface area contributed by atoms with E-state index in [-0.39, 0.29) is 0 Å². The van der Waals surface area contributed by atoms with Gasteiger partial charge in [0, 0.05) is 10.6 Å². The molecular formula is C15H10ClNO2. The van der Waals surface area contributed by atoms with E-state index in [4.69, 9.17) is 21.6 Å². The van der Waals surface area contributed by atoms with Crippen LogP contribution in [0.1, 0.15) is 22.0 Å². The zero-order valence-corrected chi connectivity index (χ0v) is 10.7. The Balaban J connectivity index is 2.14. The van der Waals surface area contributed by atoms with E-state index >= 15 is 0 Å². The van der Waals surface area contributed by atoms with Crippen LogP contribution < -0.4 is 0 Å². The summed E-state index contributed by atoms with van der Waals surface area (Å²) in [5, 5.41) is 9.65. The van der Waals surface area contributed by atoms with Crippen LogP contribution in [-0.2, 0) is 4.74 Å². The van der Waals surface area contributed by atoms with E-state index in [1.165, 1.54) is 0 Å². The van der Waals surface area contributed by atoms with Crippen LogP contribution in [0.4, 0.5) is 0 Å². The fraction of sp³-hybridized carbons (Fsp3) is 0.0667. The predicted octanol–water partition coefficient (Wildman–Crippen LogP) is 3.76. The van der Waals surface area contributed by atoms with Crippen molar-refractivity contribution in [2.45, 2.75) is 6.10 Å². The third kappa shape index (κ3) is 3.34. The summed E-state index contributed by atoms with van der Waals surface area (Å²) in [6.07, 6.45) is -0.940. The SMILES string of the molecule is N#CC(OC(=O)c1ccccc1)c1ccc(Cl)cc1. The Kier molecular flexibility index (Phi) is 4.17. The smallest absolute Gasteiger partial charge is 0.339 e. The zero-order chi connectivity index (χ0) is 13.7. The van der Waals surface area contributed by atoms with Crippen molar-refractivity contribution in [3.8, 4) is 6.07 Å². The molecule has 0 heterocycles. The molecular weight excluding hydrogens is 262 g/mol. The van der Waals surface area contributed by atoms with E-state index in [0.29, 0.717) is 16.1 Å². The van der Waals surface area contributed by atoms with Gasteiger partial charge in [0.15, 0.2) is 0 Å². The minimum atomic E-state index is -0.940. The molecule has 0 bridgehead atoms. The van der Waals surface area contributed by atoms with E-state index in [0.717, 1.165) is 0 Å². The maximum atomic E-state index is 11.9. The summed E-state index contributed by atoms with van der Waals surface area (Å²) in [5.41, 5.74) is 1.01. The van der Waals surface area contributed by atoms with Gasteiger partial charge in [-0.25, -0.2) is 4.79 Å². The molecule has 0 N–H and O–H groups in total. The van der Waals surface area contributed by atoms with E-state index < -0.39 is 12.1 Å². The third-order valence-corrected chi connectivity index (χ3v) is 2.78. The summed E-state index contributed by atoms with van der Waals surface area (Å²) in [6.45, 7) is 0. The lowest BCUT2D eigenvalue weighted by atomic mass is 10.1. The van der Waals surface area contributed by atoms with E-state index in [1.54, 1.807) is 54.6 Å². The van der Waals surface area contributed by atoms with Crippen LogP contribution in [0.3, 0.4) is 0 Å². The number of halogens is 1. The minimum Gasteiger partial charge on any atom is -0.438 e. The molecule has 3 nitrogen and oxygen atoms in total. The summed E-state index contributed by atoms with van der Waals surface area (Å²) in [4.78, 5) is 11.9. The Morgan fingerprint density at radius 3 is 2.32 bits per heavy atom. The lowest BCUT2D eigenvalue weighted by molar-refractivity contribution is 0.0404. The first-order valence-electron chi connectivity index (χ1n) is 5.62. The Morgan fingerprint density at radius 2 is 1.74 bits per heavy atom. The van der Waals surface area contributed by atoms with E-state index in [9.17, 15) is 4.79 Å². The molecule has 0 spiro atoms. The Morgan fingerprint density at radius 1 is 1.11 bits per heavy atom. The summed E-state index contributed by atoms with van der Waals surface area (Å²) in [6, 6.07) is 17.1. The van der Waals surface area contributed by atoms with Gasteiger partial charge in [0.05, 0.1) is 5.56 Å². The summed E-state index contributed by atoms with van der Waals surface area (Å²) >= 11 is 5.77. The van der Waals surface area contributed by atoms with Crippen molar-refractivity contribution in [2.24, 2.45) is 0 Å². The number of esters is 1. The number of nitriles is 1. The van der Waals surface area contributed by atoms with Crippen LogP contribution in [0.15, 0.2) is 54.6 Å². The predicted molar refractivity (Wildman–Crippen MR) is 71.7 cm³/mol. The van der Waals surface area contributed by atoms with Gasteiger partial charge in [0.25, 0.3) is 0 Å². The molecule has 19 heavy (non-hydrogen) atoms. The molecule has 0 saturated carbocycles. The number of carbonyl (C=O) groups is 1. The van der Waals surface area contributed by atoms with Crippen molar-refractivity contribution in [3.63, 3.8) is 0 Å². The Hall–Kier alpha value is -2.31. The Bertz CT molecular complexity index is 602. The highest BCUT2D eigenvalue weighted by molar-refractivity contribution is 6.30. The van der Waals surface area contributed by atoms with Gasteiger partial charge in [0.1, 0.15) is 6.07 Å². The number of benzene rings is 2. The maximum absolute atomic E-state index is 11.9. The third-order valence-electron chi connectivity index (χ3n) is 2.52. The molecule has 2 rings (SSSR count). The summed E-state index contributed by atoms with van der Waals surface area (Å²) in [7, 11) is 0. The first-order valence-corrected chi connectivity index (χ1v) is 5.99. The second kappa shape index (κ2) is 6.03. The lowest BCUT2D eigenvalue weighted by Crippen LogP contribution is -2.10. The van der Waals surface area contributed by atoms with Gasteiger partial charge >= 0.3 is 5.97 Å². The summed E-state index contributed by atoms with van der Waals surface area (Å²) < 4.78 is 5.17. The zero-order valence-electron chi connectivity index (χ0n) is 9.92. The van der Waals surface area contributed by atoms with E-state index in [1.807, 2.05) is 6.07 Å². The highest BCUT2D eigenvalue weighted by Crippen LogP contribution is 2.20. The maximum Gasteiger partial charge on any atom is 0.339 e. The van der Waals surface area contributed by atoms with Crippen molar-refractivity contribution in [2.75, 3.05) is 0 Å². The summed E-state index contributed by atoms with van der Waals surface area (Å²) in [5.74, 6) is -0.526. The quantitative estimate of drug-likeness (QED) is 0.799. The first kappa shape index (κ1) is 13.1.